The first-order valence-corrected chi connectivity index (χ1v) is 6.69. The molecule has 0 atom stereocenters. The van der Waals surface area contributed by atoms with E-state index in [9.17, 15) is 0 Å². The first-order chi connectivity index (χ1) is 8.88. The second-order valence-corrected chi connectivity index (χ2v) is 4.09. The fourth-order valence-electron chi connectivity index (χ4n) is 1.61. The minimum absolute atomic E-state index is 1.10. The molecule has 0 spiro atoms. The second kappa shape index (κ2) is 9.43. The lowest BCUT2D eigenvalue weighted by atomic mass is 10.1. The standard InChI is InChI=1S/C12H10.C5H13N/c1-3-7-11(8-4-1)12-9-5-2-6-10-12;1-3-5-6-4-2/h1-10H;6H,3-5H2,1-2H3. The van der Waals surface area contributed by atoms with E-state index in [0.717, 1.165) is 13.1 Å². The highest BCUT2D eigenvalue weighted by atomic mass is 14.8. The van der Waals surface area contributed by atoms with E-state index in [2.05, 4.69) is 67.7 Å². The summed E-state index contributed by atoms with van der Waals surface area (Å²) in [6.07, 6.45) is 1.24. The monoisotopic (exact) mass is 241 g/mol. The number of rotatable bonds is 4. The Balaban J connectivity index is 0.000000232. The summed E-state index contributed by atoms with van der Waals surface area (Å²) in [6.45, 7) is 6.56. The van der Waals surface area contributed by atoms with Gasteiger partial charge in [-0.05, 0) is 30.6 Å². The van der Waals surface area contributed by atoms with Crippen LogP contribution in [-0.2, 0) is 0 Å². The zero-order valence-corrected chi connectivity index (χ0v) is 11.4. The second-order valence-electron chi connectivity index (χ2n) is 4.09. The molecule has 0 bridgehead atoms. The lowest BCUT2D eigenvalue weighted by Crippen LogP contribution is -2.12. The molecule has 2 aromatic rings. The summed E-state index contributed by atoms with van der Waals surface area (Å²) >= 11 is 0. The summed E-state index contributed by atoms with van der Waals surface area (Å²) in [6, 6.07) is 20.8. The van der Waals surface area contributed by atoms with Gasteiger partial charge in [0.15, 0.2) is 0 Å². The summed E-state index contributed by atoms with van der Waals surface area (Å²) in [5, 5.41) is 3.20. The quantitative estimate of drug-likeness (QED) is 0.784. The van der Waals surface area contributed by atoms with Gasteiger partial charge < -0.3 is 5.32 Å². The van der Waals surface area contributed by atoms with Crippen molar-refractivity contribution in [1.29, 1.82) is 0 Å². The highest BCUT2D eigenvalue weighted by Gasteiger charge is 1.91. The number of benzene rings is 2. The summed E-state index contributed by atoms with van der Waals surface area (Å²) in [4.78, 5) is 0. The third-order valence-corrected chi connectivity index (χ3v) is 2.56. The molecule has 0 unspecified atom stereocenters. The minimum Gasteiger partial charge on any atom is -0.317 e. The average molecular weight is 241 g/mol. The Kier molecular flexibility index (Phi) is 7.58. The fraction of sp³-hybridized carbons (Fsp3) is 0.294. The lowest BCUT2D eigenvalue weighted by Gasteiger charge is -1.98. The first-order valence-electron chi connectivity index (χ1n) is 6.69. The normalized spacial score (nSPS) is 9.44. The van der Waals surface area contributed by atoms with E-state index in [-0.39, 0.29) is 0 Å². The van der Waals surface area contributed by atoms with Crippen LogP contribution in [0.2, 0.25) is 0 Å². The van der Waals surface area contributed by atoms with Crippen molar-refractivity contribution in [2.45, 2.75) is 20.3 Å². The maximum absolute atomic E-state index is 3.20. The van der Waals surface area contributed by atoms with Gasteiger partial charge in [-0.1, -0.05) is 74.5 Å². The van der Waals surface area contributed by atoms with Crippen LogP contribution in [0.1, 0.15) is 20.3 Å². The molecule has 1 N–H and O–H groups in total. The predicted octanol–water partition coefficient (Wildman–Crippen LogP) is 4.36. The molecule has 0 aliphatic heterocycles. The summed E-state index contributed by atoms with van der Waals surface area (Å²) in [7, 11) is 0. The maximum Gasteiger partial charge on any atom is -0.00517 e. The molecule has 2 aromatic carbocycles. The summed E-state index contributed by atoms with van der Waals surface area (Å²) in [5.41, 5.74) is 2.55. The molecule has 0 heterocycles. The van der Waals surface area contributed by atoms with Gasteiger partial charge in [0.25, 0.3) is 0 Å². The van der Waals surface area contributed by atoms with Crippen molar-refractivity contribution in [2.75, 3.05) is 13.1 Å². The molecule has 0 aliphatic carbocycles. The van der Waals surface area contributed by atoms with Crippen LogP contribution in [0, 0.1) is 0 Å². The van der Waals surface area contributed by atoms with Crippen molar-refractivity contribution >= 4 is 0 Å². The molecular formula is C17H23N. The van der Waals surface area contributed by atoms with Crippen molar-refractivity contribution in [2.24, 2.45) is 0 Å². The van der Waals surface area contributed by atoms with Crippen LogP contribution < -0.4 is 5.32 Å². The molecule has 0 aromatic heterocycles. The molecule has 1 nitrogen and oxygen atoms in total. The Morgan fingerprint density at radius 3 is 1.44 bits per heavy atom. The molecule has 0 saturated heterocycles. The van der Waals surface area contributed by atoms with Crippen LogP contribution in [0.25, 0.3) is 11.1 Å². The average Bonchev–Trinajstić information content (AvgIpc) is 2.48. The Morgan fingerprint density at radius 1 is 0.722 bits per heavy atom. The van der Waals surface area contributed by atoms with Crippen LogP contribution in [0.4, 0.5) is 0 Å². The van der Waals surface area contributed by atoms with Gasteiger partial charge in [0.1, 0.15) is 0 Å². The highest BCUT2D eigenvalue weighted by molar-refractivity contribution is 5.62. The van der Waals surface area contributed by atoms with Gasteiger partial charge in [-0.25, -0.2) is 0 Å². The van der Waals surface area contributed by atoms with E-state index >= 15 is 0 Å². The van der Waals surface area contributed by atoms with Crippen molar-refractivity contribution in [3.63, 3.8) is 0 Å². The first kappa shape index (κ1) is 14.5. The van der Waals surface area contributed by atoms with Crippen molar-refractivity contribution < 1.29 is 0 Å². The third-order valence-electron chi connectivity index (χ3n) is 2.56. The van der Waals surface area contributed by atoms with Gasteiger partial charge in [0.05, 0.1) is 0 Å². The Morgan fingerprint density at radius 2 is 1.17 bits per heavy atom. The number of hydrogen-bond acceptors (Lipinski definition) is 1. The lowest BCUT2D eigenvalue weighted by molar-refractivity contribution is 0.703. The molecule has 18 heavy (non-hydrogen) atoms. The molecule has 0 saturated carbocycles. The summed E-state index contributed by atoms with van der Waals surface area (Å²) < 4.78 is 0. The van der Waals surface area contributed by atoms with Crippen LogP contribution in [0.3, 0.4) is 0 Å². The van der Waals surface area contributed by atoms with Crippen molar-refractivity contribution in [1.82, 2.24) is 5.32 Å². The number of hydrogen-bond donors (Lipinski definition) is 1. The van der Waals surface area contributed by atoms with E-state index in [1.807, 2.05) is 12.1 Å². The third kappa shape index (κ3) is 5.65. The van der Waals surface area contributed by atoms with Crippen LogP contribution in [0.5, 0.6) is 0 Å². The Bertz CT molecular complexity index is 353. The molecule has 0 aliphatic rings. The molecular weight excluding hydrogens is 218 g/mol. The summed E-state index contributed by atoms with van der Waals surface area (Å²) in [5.74, 6) is 0. The Labute approximate surface area is 111 Å². The van der Waals surface area contributed by atoms with Crippen molar-refractivity contribution in [3.05, 3.63) is 60.7 Å². The molecule has 1 heteroatoms. The van der Waals surface area contributed by atoms with Crippen molar-refractivity contribution in [3.8, 4) is 11.1 Å². The topological polar surface area (TPSA) is 12.0 Å². The SMILES string of the molecule is CCCNCC.c1ccc(-c2ccccc2)cc1. The van der Waals surface area contributed by atoms with E-state index < -0.39 is 0 Å². The van der Waals surface area contributed by atoms with Gasteiger partial charge in [-0.15, -0.1) is 0 Å². The van der Waals surface area contributed by atoms with E-state index in [4.69, 9.17) is 0 Å². The van der Waals surface area contributed by atoms with E-state index in [1.165, 1.54) is 17.5 Å². The fourth-order valence-corrected chi connectivity index (χ4v) is 1.61. The maximum atomic E-state index is 3.20. The highest BCUT2D eigenvalue weighted by Crippen LogP contribution is 2.17. The smallest absolute Gasteiger partial charge is 0.00517 e. The van der Waals surface area contributed by atoms with Gasteiger partial charge >= 0.3 is 0 Å². The van der Waals surface area contributed by atoms with Gasteiger partial charge in [0.2, 0.25) is 0 Å². The van der Waals surface area contributed by atoms with Gasteiger partial charge in [-0.2, -0.15) is 0 Å². The molecule has 0 radical (unpaired) electrons. The molecule has 0 fully saturated rings. The van der Waals surface area contributed by atoms with Gasteiger partial charge in [0, 0.05) is 0 Å². The Hall–Kier alpha value is -1.60. The zero-order chi connectivity index (χ0) is 13.1. The number of nitrogens with one attached hydrogen (secondary N) is 1. The van der Waals surface area contributed by atoms with E-state index in [1.54, 1.807) is 0 Å². The predicted molar refractivity (Wildman–Crippen MR) is 80.7 cm³/mol. The zero-order valence-electron chi connectivity index (χ0n) is 11.4. The minimum atomic E-state index is 1.10. The molecule has 0 amide bonds. The van der Waals surface area contributed by atoms with Crippen LogP contribution in [0.15, 0.2) is 60.7 Å². The van der Waals surface area contributed by atoms with Crippen LogP contribution >= 0.6 is 0 Å². The van der Waals surface area contributed by atoms with Gasteiger partial charge in [-0.3, -0.25) is 0 Å². The van der Waals surface area contributed by atoms with Crippen LogP contribution in [-0.4, -0.2) is 13.1 Å². The molecule has 96 valence electrons. The largest absolute Gasteiger partial charge is 0.317 e. The molecule has 2 rings (SSSR count). The van der Waals surface area contributed by atoms with E-state index in [0.29, 0.717) is 0 Å².